The fourth-order valence-corrected chi connectivity index (χ4v) is 6.06. The second-order valence-corrected chi connectivity index (χ2v) is 12.0. The van der Waals surface area contributed by atoms with E-state index in [1.165, 1.54) is 0 Å². The molecule has 10 nitrogen and oxygen atoms in total. The minimum atomic E-state index is -4.35. The largest absolute Gasteiger partial charge is 0.465 e. The lowest BCUT2D eigenvalue weighted by molar-refractivity contribution is -0.384. The molecule has 0 aliphatic carbocycles. The third-order valence-electron chi connectivity index (χ3n) is 6.61. The highest BCUT2D eigenvalue weighted by Crippen LogP contribution is 2.31. The van der Waals surface area contributed by atoms with E-state index < -0.39 is 26.8 Å². The van der Waals surface area contributed by atoms with E-state index in [0.29, 0.717) is 12.0 Å². The minimum Gasteiger partial charge on any atom is -0.465 e. The smallest absolute Gasteiger partial charge is 0.407 e. The van der Waals surface area contributed by atoms with Crippen LogP contribution in [0.5, 0.6) is 0 Å². The summed E-state index contributed by atoms with van der Waals surface area (Å²) in [5.41, 5.74) is -0.832. The zero-order chi connectivity index (χ0) is 29.3. The van der Waals surface area contributed by atoms with Crippen LogP contribution >= 0.6 is 0 Å². The molecule has 0 radical (unpaired) electrons. The molecule has 3 aromatic carbocycles. The molecule has 0 aliphatic rings. The second-order valence-electron chi connectivity index (χ2n) is 10.1. The Kier molecular flexibility index (Phi) is 10.4. The van der Waals surface area contributed by atoms with E-state index in [-0.39, 0.29) is 49.0 Å². The molecule has 3 rings (SSSR count). The molecular weight excluding hydrogens is 534 g/mol. The van der Waals surface area contributed by atoms with E-state index in [1.807, 2.05) is 19.9 Å². The first-order chi connectivity index (χ1) is 18.9. The average molecular weight is 570 g/mol. The number of nitro benzene ring substituents is 1. The Morgan fingerprint density at radius 1 is 0.925 bits per heavy atom. The lowest BCUT2D eigenvalue weighted by Crippen LogP contribution is -2.55. The van der Waals surface area contributed by atoms with E-state index in [1.54, 1.807) is 54.6 Å². The number of carboxylic acid groups (broad SMARTS) is 1. The van der Waals surface area contributed by atoms with Crippen molar-refractivity contribution in [3.63, 3.8) is 0 Å². The molecule has 3 aromatic rings. The van der Waals surface area contributed by atoms with Crippen LogP contribution < -0.4 is 0 Å². The Labute approximate surface area is 234 Å². The Morgan fingerprint density at radius 3 is 1.98 bits per heavy atom. The maximum atomic E-state index is 14.0. The van der Waals surface area contributed by atoms with Crippen LogP contribution in [0, 0.1) is 16.0 Å². The quantitative estimate of drug-likeness (QED) is 0.156. The molecule has 0 aromatic heterocycles. The van der Waals surface area contributed by atoms with Gasteiger partial charge >= 0.3 is 6.09 Å². The number of rotatable bonds is 14. The van der Waals surface area contributed by atoms with E-state index >= 15 is 0 Å². The van der Waals surface area contributed by atoms with Gasteiger partial charge in [0.15, 0.2) is 0 Å². The molecule has 0 aliphatic heterocycles. The number of benzene rings is 3. The van der Waals surface area contributed by atoms with Gasteiger partial charge in [-0.25, -0.2) is 13.2 Å². The zero-order valence-electron chi connectivity index (χ0n) is 22.6. The maximum Gasteiger partial charge on any atom is 0.407 e. The van der Waals surface area contributed by atoms with Crippen LogP contribution in [0.4, 0.5) is 10.5 Å². The molecule has 0 fully saturated rings. The SMILES string of the molecule is CC(C)CCN(C(O)(CCN(Cc1ccccc1)C(=O)O)Cc1ccccc1)S(=O)(=O)c1ccc([N+](=O)[O-])cc1. The third kappa shape index (κ3) is 8.10. The summed E-state index contributed by atoms with van der Waals surface area (Å²) in [5.74, 6) is 0.101. The molecule has 0 saturated heterocycles. The number of amides is 1. The topological polar surface area (TPSA) is 141 Å². The third-order valence-corrected chi connectivity index (χ3v) is 8.58. The van der Waals surface area contributed by atoms with Crippen LogP contribution in [0.3, 0.4) is 0 Å². The van der Waals surface area contributed by atoms with Gasteiger partial charge < -0.3 is 15.1 Å². The minimum absolute atomic E-state index is 0.0356. The highest BCUT2D eigenvalue weighted by molar-refractivity contribution is 7.89. The Balaban J connectivity index is 2.03. The Morgan fingerprint density at radius 2 is 1.48 bits per heavy atom. The van der Waals surface area contributed by atoms with Crippen LogP contribution in [0.25, 0.3) is 0 Å². The molecule has 0 spiro atoms. The standard InChI is InChI=1S/C29H35N3O7S/c1-23(2)17-19-31(40(38,39)27-15-13-26(14-16-27)32(36)37)29(35,21-24-9-5-3-6-10-24)18-20-30(28(33)34)22-25-11-7-4-8-12-25/h3-16,23,35H,17-22H2,1-2H3,(H,33,34). The van der Waals surface area contributed by atoms with Crippen molar-refractivity contribution in [2.75, 3.05) is 13.1 Å². The molecule has 40 heavy (non-hydrogen) atoms. The predicted molar refractivity (Wildman–Crippen MR) is 151 cm³/mol. The molecule has 1 amide bonds. The molecule has 0 bridgehead atoms. The van der Waals surface area contributed by atoms with Gasteiger partial charge in [0.2, 0.25) is 10.0 Å². The van der Waals surface area contributed by atoms with E-state index in [9.17, 15) is 33.5 Å². The number of hydrogen-bond acceptors (Lipinski definition) is 6. The van der Waals surface area contributed by atoms with Crippen molar-refractivity contribution in [2.45, 2.75) is 50.3 Å². The number of non-ortho nitro benzene ring substituents is 1. The van der Waals surface area contributed by atoms with Gasteiger partial charge in [0, 0.05) is 44.6 Å². The van der Waals surface area contributed by atoms with E-state index in [4.69, 9.17) is 0 Å². The van der Waals surface area contributed by atoms with Gasteiger partial charge in [-0.1, -0.05) is 74.5 Å². The first-order valence-corrected chi connectivity index (χ1v) is 14.4. The van der Waals surface area contributed by atoms with Crippen molar-refractivity contribution in [1.82, 2.24) is 9.21 Å². The highest BCUT2D eigenvalue weighted by atomic mass is 32.2. The average Bonchev–Trinajstić information content (AvgIpc) is 2.92. The molecule has 1 unspecified atom stereocenters. The summed E-state index contributed by atoms with van der Waals surface area (Å²) < 4.78 is 29.0. The number of sulfonamides is 1. The van der Waals surface area contributed by atoms with E-state index in [0.717, 1.165) is 39.0 Å². The molecule has 0 saturated carbocycles. The Hall–Kier alpha value is -3.80. The number of aliphatic hydroxyl groups is 1. The van der Waals surface area contributed by atoms with Gasteiger partial charge in [0.25, 0.3) is 5.69 Å². The van der Waals surface area contributed by atoms with Crippen molar-refractivity contribution < 1.29 is 28.3 Å². The predicted octanol–water partition coefficient (Wildman–Crippen LogP) is 5.13. The summed E-state index contributed by atoms with van der Waals surface area (Å²) in [7, 11) is -4.35. The summed E-state index contributed by atoms with van der Waals surface area (Å²) in [4.78, 5) is 23.6. The monoisotopic (exact) mass is 569 g/mol. The van der Waals surface area contributed by atoms with Crippen LogP contribution in [0.1, 0.15) is 37.8 Å². The normalized spacial score (nSPS) is 13.2. The molecule has 0 heterocycles. The summed E-state index contributed by atoms with van der Waals surface area (Å²) >= 11 is 0. The second kappa shape index (κ2) is 13.5. The zero-order valence-corrected chi connectivity index (χ0v) is 23.4. The summed E-state index contributed by atoms with van der Waals surface area (Å²) in [6.07, 6.45) is -1.06. The number of nitro groups is 1. The van der Waals surface area contributed by atoms with Crippen LogP contribution in [0.15, 0.2) is 89.8 Å². The van der Waals surface area contributed by atoms with Gasteiger partial charge in [0.05, 0.1) is 9.82 Å². The van der Waals surface area contributed by atoms with Gasteiger partial charge in [-0.2, -0.15) is 4.31 Å². The van der Waals surface area contributed by atoms with Gasteiger partial charge in [-0.3, -0.25) is 10.1 Å². The van der Waals surface area contributed by atoms with Crippen molar-refractivity contribution in [1.29, 1.82) is 0 Å². The van der Waals surface area contributed by atoms with Crippen molar-refractivity contribution >= 4 is 21.8 Å². The first kappa shape index (κ1) is 30.7. The summed E-state index contributed by atoms with van der Waals surface area (Å²) in [6.45, 7) is 3.75. The van der Waals surface area contributed by atoms with Gasteiger partial charge in [0.1, 0.15) is 5.72 Å². The molecule has 2 N–H and O–H groups in total. The van der Waals surface area contributed by atoms with Crippen LogP contribution in [0.2, 0.25) is 0 Å². The van der Waals surface area contributed by atoms with Crippen molar-refractivity contribution in [3.8, 4) is 0 Å². The van der Waals surface area contributed by atoms with Crippen LogP contribution in [-0.4, -0.2) is 57.7 Å². The first-order valence-electron chi connectivity index (χ1n) is 13.0. The fourth-order valence-electron chi connectivity index (χ4n) is 4.38. The molecule has 11 heteroatoms. The van der Waals surface area contributed by atoms with Crippen LogP contribution in [-0.2, 0) is 23.0 Å². The molecular formula is C29H35N3O7S. The number of hydrogen-bond donors (Lipinski definition) is 2. The lowest BCUT2D eigenvalue weighted by atomic mass is 9.98. The van der Waals surface area contributed by atoms with Gasteiger partial charge in [-0.05, 0) is 35.6 Å². The number of carbonyl (C=O) groups is 1. The number of nitrogens with zero attached hydrogens (tertiary/aromatic N) is 3. The molecule has 214 valence electrons. The summed E-state index contributed by atoms with van der Waals surface area (Å²) in [6, 6.07) is 22.4. The molecule has 1 atom stereocenters. The fraction of sp³-hybridized carbons (Fsp3) is 0.345. The van der Waals surface area contributed by atoms with Gasteiger partial charge in [-0.15, -0.1) is 0 Å². The van der Waals surface area contributed by atoms with E-state index in [2.05, 4.69) is 0 Å². The van der Waals surface area contributed by atoms with Crippen molar-refractivity contribution in [3.05, 3.63) is 106 Å². The summed E-state index contributed by atoms with van der Waals surface area (Å²) in [5, 5.41) is 33.2. The highest BCUT2D eigenvalue weighted by Gasteiger charge is 2.43. The lowest BCUT2D eigenvalue weighted by Gasteiger charge is -2.40. The Bertz CT molecular complexity index is 1370. The maximum absolute atomic E-state index is 14.0. The van der Waals surface area contributed by atoms with Crippen molar-refractivity contribution in [2.24, 2.45) is 5.92 Å².